The molecule has 59 heavy (non-hydrogen) atoms. The average molecular weight is 850 g/mol. The molecule has 0 heterocycles. The maximum atomic E-state index is 12.6. The Kier molecular flexibility index (Phi) is 39.8. The van der Waals surface area contributed by atoms with Crippen LogP contribution in [-0.2, 0) is 32.7 Å². The van der Waals surface area contributed by atoms with Crippen molar-refractivity contribution in [1.29, 1.82) is 0 Å². The second kappa shape index (κ2) is 41.8. The minimum absolute atomic E-state index is 0.0193. The molecule has 0 aliphatic carbocycles. The summed E-state index contributed by atoms with van der Waals surface area (Å²) in [6.07, 6.45) is 45.4. The van der Waals surface area contributed by atoms with Gasteiger partial charge in [-0.25, -0.2) is 4.57 Å². The second-order valence-corrected chi connectivity index (χ2v) is 16.0. The molecule has 338 valence electrons. The van der Waals surface area contributed by atoms with E-state index in [9.17, 15) is 29.3 Å². The lowest BCUT2D eigenvalue weighted by Crippen LogP contribution is -2.29. The van der Waals surface area contributed by atoms with Crippen LogP contribution in [0.2, 0.25) is 0 Å². The van der Waals surface area contributed by atoms with Gasteiger partial charge in [-0.1, -0.05) is 163 Å². The normalized spacial score (nSPS) is 15.2. The molecule has 12 heteroatoms. The van der Waals surface area contributed by atoms with Gasteiger partial charge in [-0.3, -0.25) is 18.6 Å². The van der Waals surface area contributed by atoms with Crippen molar-refractivity contribution >= 4 is 19.8 Å². The highest BCUT2D eigenvalue weighted by Gasteiger charge is 2.26. The molecule has 0 saturated carbocycles. The first-order valence-electron chi connectivity index (χ1n) is 22.3. The van der Waals surface area contributed by atoms with Crippen molar-refractivity contribution in [2.24, 2.45) is 5.73 Å². The molecule has 0 aromatic heterocycles. The molecule has 0 fully saturated rings. The average Bonchev–Trinajstić information content (AvgIpc) is 3.21. The molecule has 4 atom stereocenters. The Morgan fingerprint density at radius 3 is 1.86 bits per heavy atom. The summed E-state index contributed by atoms with van der Waals surface area (Å²) in [6.45, 7) is 3.30. The fourth-order valence-corrected chi connectivity index (χ4v) is 6.37. The summed E-state index contributed by atoms with van der Waals surface area (Å²) in [6, 6.07) is 0. The van der Waals surface area contributed by atoms with E-state index in [0.29, 0.717) is 32.1 Å². The van der Waals surface area contributed by atoms with Crippen LogP contribution in [0.4, 0.5) is 0 Å². The van der Waals surface area contributed by atoms with Gasteiger partial charge in [0.2, 0.25) is 0 Å². The van der Waals surface area contributed by atoms with E-state index in [2.05, 4.69) is 26.0 Å². The highest BCUT2D eigenvalue weighted by atomic mass is 31.2. The van der Waals surface area contributed by atoms with E-state index in [0.717, 1.165) is 32.1 Å². The minimum atomic E-state index is -4.43. The summed E-state index contributed by atoms with van der Waals surface area (Å²) in [4.78, 5) is 34.9. The molecule has 0 bridgehead atoms. The summed E-state index contributed by atoms with van der Waals surface area (Å²) < 4.78 is 32.6. The molecule has 0 aliphatic heterocycles. The number of nitrogens with two attached hydrogens (primary N) is 1. The van der Waals surface area contributed by atoms with E-state index in [1.54, 1.807) is 30.4 Å². The van der Waals surface area contributed by atoms with Crippen molar-refractivity contribution in [3.05, 3.63) is 85.1 Å². The van der Waals surface area contributed by atoms with Crippen molar-refractivity contribution in [2.75, 3.05) is 26.4 Å². The van der Waals surface area contributed by atoms with Crippen LogP contribution in [0.3, 0.4) is 0 Å². The van der Waals surface area contributed by atoms with Crippen molar-refractivity contribution in [3.8, 4) is 0 Å². The van der Waals surface area contributed by atoms with Crippen LogP contribution in [0.1, 0.15) is 155 Å². The number of unbranched alkanes of at least 4 members (excludes halogenated alkanes) is 14. The van der Waals surface area contributed by atoms with Crippen LogP contribution >= 0.6 is 7.82 Å². The first kappa shape index (κ1) is 56.1. The van der Waals surface area contributed by atoms with Gasteiger partial charge in [0.1, 0.15) is 6.61 Å². The number of carbonyl (C=O) groups is 2. The van der Waals surface area contributed by atoms with Crippen molar-refractivity contribution in [3.63, 3.8) is 0 Å². The Hall–Kier alpha value is -2.89. The minimum Gasteiger partial charge on any atom is -0.462 e. The number of phosphoric ester groups is 1. The third kappa shape index (κ3) is 41.6. The van der Waals surface area contributed by atoms with Crippen LogP contribution < -0.4 is 5.73 Å². The van der Waals surface area contributed by atoms with Crippen LogP contribution in [0.25, 0.3) is 0 Å². The lowest BCUT2D eigenvalue weighted by Gasteiger charge is -2.19. The molecule has 0 aromatic carbocycles. The second-order valence-electron chi connectivity index (χ2n) is 14.6. The summed E-state index contributed by atoms with van der Waals surface area (Å²) in [5, 5.41) is 20.0. The Morgan fingerprint density at radius 1 is 0.627 bits per heavy atom. The number of aliphatic hydroxyl groups excluding tert-OH is 2. The Labute approximate surface area is 357 Å². The molecule has 0 amide bonds. The molecule has 0 saturated heterocycles. The van der Waals surface area contributed by atoms with E-state index >= 15 is 0 Å². The Morgan fingerprint density at radius 2 is 1.22 bits per heavy atom. The van der Waals surface area contributed by atoms with Gasteiger partial charge in [-0.15, -0.1) is 0 Å². The summed E-state index contributed by atoms with van der Waals surface area (Å²) in [7, 11) is -4.43. The van der Waals surface area contributed by atoms with Crippen molar-refractivity contribution in [1.82, 2.24) is 0 Å². The van der Waals surface area contributed by atoms with Crippen LogP contribution in [0, 0.1) is 0 Å². The van der Waals surface area contributed by atoms with E-state index in [1.165, 1.54) is 64.2 Å². The zero-order valence-corrected chi connectivity index (χ0v) is 37.3. The summed E-state index contributed by atoms with van der Waals surface area (Å²) >= 11 is 0. The van der Waals surface area contributed by atoms with Crippen molar-refractivity contribution < 1.29 is 47.8 Å². The van der Waals surface area contributed by atoms with E-state index < -0.39 is 44.7 Å². The number of allylic oxidation sites excluding steroid dienone is 10. The number of carbonyl (C=O) groups excluding carboxylic acids is 2. The van der Waals surface area contributed by atoms with Crippen LogP contribution in [-0.4, -0.2) is 71.7 Å². The highest BCUT2D eigenvalue weighted by Crippen LogP contribution is 2.43. The number of rotatable bonds is 40. The van der Waals surface area contributed by atoms with E-state index in [1.807, 2.05) is 42.5 Å². The summed E-state index contributed by atoms with van der Waals surface area (Å²) in [5.41, 5.74) is 5.34. The fraction of sp³-hybridized carbons (Fsp3) is 0.660. The molecule has 0 rings (SSSR count). The van der Waals surface area contributed by atoms with Gasteiger partial charge in [-0.05, 0) is 64.2 Å². The smallest absolute Gasteiger partial charge is 0.462 e. The number of ether oxygens (including phenoxy) is 2. The third-order valence-electron chi connectivity index (χ3n) is 8.94. The molecule has 0 radical (unpaired) electrons. The molecule has 0 aromatic rings. The van der Waals surface area contributed by atoms with Crippen LogP contribution in [0.5, 0.6) is 0 Å². The van der Waals surface area contributed by atoms with Crippen molar-refractivity contribution in [2.45, 2.75) is 173 Å². The first-order chi connectivity index (χ1) is 28.6. The predicted molar refractivity (Wildman–Crippen MR) is 241 cm³/mol. The van der Waals surface area contributed by atoms with Gasteiger partial charge in [0.25, 0.3) is 0 Å². The molecule has 1 unspecified atom stereocenters. The number of hydrogen-bond donors (Lipinski definition) is 4. The van der Waals surface area contributed by atoms with E-state index in [-0.39, 0.29) is 32.6 Å². The largest absolute Gasteiger partial charge is 0.472 e. The van der Waals surface area contributed by atoms with Gasteiger partial charge in [0.05, 0.1) is 25.4 Å². The fourth-order valence-electron chi connectivity index (χ4n) is 5.60. The maximum Gasteiger partial charge on any atom is 0.472 e. The lowest BCUT2D eigenvalue weighted by molar-refractivity contribution is -0.161. The van der Waals surface area contributed by atoms with Gasteiger partial charge < -0.3 is 30.3 Å². The Bertz CT molecular complexity index is 1280. The monoisotopic (exact) mass is 850 g/mol. The van der Waals surface area contributed by atoms with Gasteiger partial charge in [0.15, 0.2) is 6.10 Å². The standard InChI is InChI=1S/C47H80NO10P/c1-3-5-7-8-9-10-11-12-13-14-15-16-17-18-22-25-31-38-47(52)58-45(42-57-59(53,54)56-40-39-48)41-55-46(51)37-32-26-30-36-44(50)35-29-24-21-19-20-23-28-34-43(49)33-27-6-4-2/h6,12-13,20-21,23-24,27-30,34-36,43-45,49-50H,3-5,7-11,14-19,22,25-26,31-33,37-42,48H2,1-2H3,(H,53,54)/b13-12-,23-20-,24-21-,27-6-,34-28+,35-29+,36-30-/t43-,44-,45-/m1/s1. The van der Waals surface area contributed by atoms with E-state index in [4.69, 9.17) is 24.3 Å². The van der Waals surface area contributed by atoms with Gasteiger partial charge >= 0.3 is 19.8 Å². The number of phosphoric acid groups is 1. The third-order valence-corrected chi connectivity index (χ3v) is 9.92. The molecule has 0 aliphatic rings. The molecule has 0 spiro atoms. The molecular formula is C47H80NO10P. The molecule has 11 nitrogen and oxygen atoms in total. The Balaban J connectivity index is 4.41. The summed E-state index contributed by atoms with van der Waals surface area (Å²) in [5.74, 6) is -1.02. The zero-order valence-electron chi connectivity index (χ0n) is 36.4. The van der Waals surface area contributed by atoms with Crippen LogP contribution in [0.15, 0.2) is 85.1 Å². The SMILES string of the molecule is CC/C=C\C[C@@H](O)/C=C/C=C\C/C=C\C=C\[C@@H](O)/C=C\CCCC(=O)OC[C@H](COP(=O)(O)OCCN)OC(=O)CCCCCCCCC/C=C\CCCCCCCC. The lowest BCUT2D eigenvalue weighted by atomic mass is 10.1. The predicted octanol–water partition coefficient (Wildman–Crippen LogP) is 10.8. The highest BCUT2D eigenvalue weighted by molar-refractivity contribution is 7.47. The maximum absolute atomic E-state index is 12.6. The molecule has 5 N–H and O–H groups in total. The quantitative estimate of drug-likeness (QED) is 0.0152. The zero-order chi connectivity index (χ0) is 43.5. The number of hydrogen-bond acceptors (Lipinski definition) is 10. The molecular weight excluding hydrogens is 769 g/mol. The van der Waals surface area contributed by atoms with Gasteiger partial charge in [-0.2, -0.15) is 0 Å². The number of aliphatic hydroxyl groups is 2. The number of esters is 2. The van der Waals surface area contributed by atoms with Gasteiger partial charge in [0, 0.05) is 19.4 Å². The topological polar surface area (TPSA) is 175 Å². The first-order valence-corrected chi connectivity index (χ1v) is 23.8.